The Balaban J connectivity index is 1.50. The van der Waals surface area contributed by atoms with Crippen molar-refractivity contribution in [1.82, 2.24) is 24.8 Å². The molecule has 0 saturated carbocycles. The lowest BCUT2D eigenvalue weighted by molar-refractivity contribution is 0.235. The first-order chi connectivity index (χ1) is 17.7. The lowest BCUT2D eigenvalue weighted by Crippen LogP contribution is -2.39. The Bertz CT molecular complexity index is 1480. The van der Waals surface area contributed by atoms with Gasteiger partial charge in [0.05, 0.1) is 28.3 Å². The number of fused-ring (bicyclic) bond motifs is 2. The van der Waals surface area contributed by atoms with Gasteiger partial charge in [-0.3, -0.25) is 9.97 Å². The second-order valence-corrected chi connectivity index (χ2v) is 13.3. The molecule has 0 spiro atoms. The molecule has 8 nitrogen and oxygen atoms in total. The van der Waals surface area contributed by atoms with Gasteiger partial charge in [0.15, 0.2) is 0 Å². The van der Waals surface area contributed by atoms with Crippen molar-refractivity contribution < 1.29 is 4.74 Å². The zero-order valence-corrected chi connectivity index (χ0v) is 24.4. The lowest BCUT2D eigenvalue weighted by atomic mass is 9.78. The topological polar surface area (TPSA) is 88.1 Å². The molecule has 3 heterocycles. The van der Waals surface area contributed by atoms with Crippen LogP contribution in [0, 0.1) is 0 Å². The van der Waals surface area contributed by atoms with Gasteiger partial charge in [-0.1, -0.05) is 21.8 Å². The highest BCUT2D eigenvalue weighted by Gasteiger charge is 2.31. The van der Waals surface area contributed by atoms with Crippen LogP contribution in [-0.4, -0.2) is 58.9 Å². The Hall–Kier alpha value is -2.87. The standard InChI is InChI=1S/C27H31BrN7OP/c1-27(2)15-35(3)14-16-11-22(36-4)21(12-17(16)27)33-26-31-13-18(28)25(34-26)32-20-8-7-19-23(24(20)37(5)6)30-10-9-29-19/h7-13H,14-15H2,1-6H3,(H2,31,32,33,34). The number of nitrogens with zero attached hydrogens (tertiary/aromatic N) is 5. The van der Waals surface area contributed by atoms with Gasteiger partial charge in [-0.05, 0) is 71.7 Å². The molecule has 0 radical (unpaired) electrons. The van der Waals surface area contributed by atoms with E-state index in [9.17, 15) is 0 Å². The smallest absolute Gasteiger partial charge is 0.229 e. The Morgan fingerprint density at radius 1 is 1.05 bits per heavy atom. The number of rotatable bonds is 6. The van der Waals surface area contributed by atoms with Gasteiger partial charge in [-0.2, -0.15) is 4.98 Å². The summed E-state index contributed by atoms with van der Waals surface area (Å²) in [6.45, 7) is 10.9. The van der Waals surface area contributed by atoms with E-state index in [-0.39, 0.29) is 5.41 Å². The van der Waals surface area contributed by atoms with E-state index in [2.05, 4.69) is 92.8 Å². The zero-order valence-electron chi connectivity index (χ0n) is 21.9. The lowest BCUT2D eigenvalue weighted by Gasteiger charge is -2.38. The van der Waals surface area contributed by atoms with Crippen LogP contribution in [0.5, 0.6) is 5.75 Å². The fourth-order valence-electron chi connectivity index (χ4n) is 5.09. The molecule has 5 rings (SSSR count). The molecule has 0 bridgehead atoms. The summed E-state index contributed by atoms with van der Waals surface area (Å²) in [5, 5.41) is 8.07. The maximum Gasteiger partial charge on any atom is 0.229 e. The molecule has 0 fully saturated rings. The van der Waals surface area contributed by atoms with Gasteiger partial charge in [-0.15, -0.1) is 0 Å². The number of halogens is 1. The van der Waals surface area contributed by atoms with E-state index in [1.54, 1.807) is 25.7 Å². The molecule has 1 aliphatic rings. The number of ether oxygens (including phenoxy) is 1. The number of likely N-dealkylation sites (N-methyl/N-ethyl adjacent to an activating group) is 1. The predicted octanol–water partition coefficient (Wildman–Crippen LogP) is 5.77. The molecular weight excluding hydrogens is 549 g/mol. The van der Waals surface area contributed by atoms with E-state index in [0.717, 1.165) is 51.0 Å². The number of hydrogen-bond acceptors (Lipinski definition) is 8. The van der Waals surface area contributed by atoms with Crippen LogP contribution < -0.4 is 20.7 Å². The maximum absolute atomic E-state index is 5.75. The molecule has 0 unspecified atom stereocenters. The average molecular weight is 580 g/mol. The number of hydrogen-bond donors (Lipinski definition) is 2. The molecule has 0 saturated heterocycles. The summed E-state index contributed by atoms with van der Waals surface area (Å²) in [5.41, 5.74) is 6.22. The quantitative estimate of drug-likeness (QED) is 0.278. The van der Waals surface area contributed by atoms with Crippen LogP contribution in [0.15, 0.2) is 47.3 Å². The Morgan fingerprint density at radius 2 is 1.84 bits per heavy atom. The molecule has 192 valence electrons. The van der Waals surface area contributed by atoms with Crippen molar-refractivity contribution in [2.24, 2.45) is 0 Å². The van der Waals surface area contributed by atoms with Gasteiger partial charge in [0.2, 0.25) is 5.95 Å². The molecule has 2 aromatic heterocycles. The Labute approximate surface area is 227 Å². The second-order valence-electron chi connectivity index (χ2n) is 10.2. The number of nitrogens with one attached hydrogen (secondary N) is 2. The van der Waals surface area contributed by atoms with Gasteiger partial charge >= 0.3 is 0 Å². The van der Waals surface area contributed by atoms with E-state index in [1.165, 1.54) is 11.1 Å². The van der Waals surface area contributed by atoms with E-state index in [1.807, 2.05) is 12.1 Å². The number of aromatic nitrogens is 4. The molecule has 0 atom stereocenters. The predicted molar refractivity (Wildman–Crippen MR) is 157 cm³/mol. The van der Waals surface area contributed by atoms with Gasteiger partial charge in [0.1, 0.15) is 11.6 Å². The van der Waals surface area contributed by atoms with Crippen molar-refractivity contribution in [3.63, 3.8) is 0 Å². The monoisotopic (exact) mass is 579 g/mol. The van der Waals surface area contributed by atoms with E-state index >= 15 is 0 Å². The zero-order chi connectivity index (χ0) is 26.3. The van der Waals surface area contributed by atoms with Gasteiger partial charge in [-0.25, -0.2) is 4.98 Å². The first-order valence-corrected chi connectivity index (χ1v) is 15.1. The van der Waals surface area contributed by atoms with Crippen LogP contribution in [0.4, 0.5) is 23.1 Å². The third-order valence-electron chi connectivity index (χ3n) is 6.56. The van der Waals surface area contributed by atoms with Crippen LogP contribution in [0.25, 0.3) is 11.0 Å². The molecule has 0 aliphatic carbocycles. The van der Waals surface area contributed by atoms with Crippen LogP contribution >= 0.6 is 23.9 Å². The van der Waals surface area contributed by atoms with E-state index in [0.29, 0.717) is 11.8 Å². The second kappa shape index (κ2) is 10.1. The largest absolute Gasteiger partial charge is 0.495 e. The highest BCUT2D eigenvalue weighted by Crippen LogP contribution is 2.40. The number of anilines is 4. The fraction of sp³-hybridized carbons (Fsp3) is 0.333. The maximum atomic E-state index is 5.75. The average Bonchev–Trinajstić information content (AvgIpc) is 2.85. The van der Waals surface area contributed by atoms with Crippen molar-refractivity contribution in [2.75, 3.05) is 44.7 Å². The molecule has 10 heteroatoms. The molecule has 1 aliphatic heterocycles. The summed E-state index contributed by atoms with van der Waals surface area (Å²) >= 11 is 3.62. The normalized spacial score (nSPS) is 15.0. The van der Waals surface area contributed by atoms with E-state index < -0.39 is 7.92 Å². The van der Waals surface area contributed by atoms with Crippen LogP contribution in [-0.2, 0) is 12.0 Å². The molecule has 2 aromatic carbocycles. The first-order valence-electron chi connectivity index (χ1n) is 12.0. The highest BCUT2D eigenvalue weighted by atomic mass is 79.9. The van der Waals surface area contributed by atoms with Gasteiger partial charge < -0.3 is 20.3 Å². The van der Waals surface area contributed by atoms with Crippen molar-refractivity contribution >= 4 is 63.3 Å². The summed E-state index contributed by atoms with van der Waals surface area (Å²) in [4.78, 5) is 20.8. The summed E-state index contributed by atoms with van der Waals surface area (Å²) in [5.74, 6) is 1.91. The summed E-state index contributed by atoms with van der Waals surface area (Å²) < 4.78 is 6.51. The molecule has 37 heavy (non-hydrogen) atoms. The Morgan fingerprint density at radius 3 is 2.59 bits per heavy atom. The number of methoxy groups -OCH3 is 1. The van der Waals surface area contributed by atoms with Crippen molar-refractivity contribution in [3.05, 3.63) is 58.5 Å². The van der Waals surface area contributed by atoms with Crippen molar-refractivity contribution in [2.45, 2.75) is 25.8 Å². The summed E-state index contributed by atoms with van der Waals surface area (Å²) in [6, 6.07) is 8.34. The minimum Gasteiger partial charge on any atom is -0.495 e. The van der Waals surface area contributed by atoms with Gasteiger partial charge in [0.25, 0.3) is 0 Å². The van der Waals surface area contributed by atoms with Crippen LogP contribution in [0.2, 0.25) is 0 Å². The minimum absolute atomic E-state index is 0.0202. The van der Waals surface area contributed by atoms with Gasteiger partial charge in [0, 0.05) is 48.1 Å². The molecule has 4 aromatic rings. The minimum atomic E-state index is -0.453. The van der Waals surface area contributed by atoms with Crippen molar-refractivity contribution in [1.29, 1.82) is 0 Å². The first kappa shape index (κ1) is 25.8. The van der Waals surface area contributed by atoms with Crippen LogP contribution in [0.3, 0.4) is 0 Å². The summed E-state index contributed by atoms with van der Waals surface area (Å²) in [6.07, 6.45) is 5.21. The SMILES string of the molecule is COc1cc2c(cc1Nc1ncc(Br)c(Nc3ccc4nccnc4c3P(C)C)n1)C(C)(C)CN(C)C2. The Kier molecular flexibility index (Phi) is 7.05. The van der Waals surface area contributed by atoms with Crippen molar-refractivity contribution in [3.8, 4) is 5.75 Å². The third-order valence-corrected chi connectivity index (χ3v) is 8.49. The number of benzene rings is 2. The molecule has 0 amide bonds. The molecule has 2 N–H and O–H groups in total. The third kappa shape index (κ3) is 5.13. The van der Waals surface area contributed by atoms with E-state index in [4.69, 9.17) is 9.72 Å². The summed E-state index contributed by atoms with van der Waals surface area (Å²) in [7, 11) is 3.39. The van der Waals surface area contributed by atoms with Crippen LogP contribution in [0.1, 0.15) is 25.0 Å². The molecular formula is C27H31BrN7OP. The highest BCUT2D eigenvalue weighted by molar-refractivity contribution is 9.10. The fourth-order valence-corrected chi connectivity index (χ4v) is 6.59.